The summed E-state index contributed by atoms with van der Waals surface area (Å²) < 4.78 is 3.28. The summed E-state index contributed by atoms with van der Waals surface area (Å²) in [6.07, 6.45) is 5.39. The Morgan fingerprint density at radius 1 is 1.35 bits per heavy atom. The van der Waals surface area contributed by atoms with Gasteiger partial charge in [0.15, 0.2) is 0 Å². The number of halogens is 1. The van der Waals surface area contributed by atoms with E-state index in [0.717, 1.165) is 24.8 Å². The van der Waals surface area contributed by atoms with Gasteiger partial charge in [0.1, 0.15) is 0 Å². The molecule has 1 aromatic rings. The van der Waals surface area contributed by atoms with Crippen LogP contribution in [-0.2, 0) is 13.1 Å². The molecule has 1 aromatic heterocycles. The van der Waals surface area contributed by atoms with Gasteiger partial charge >= 0.3 is 0 Å². The van der Waals surface area contributed by atoms with Crippen molar-refractivity contribution >= 4 is 15.9 Å². The van der Waals surface area contributed by atoms with Crippen LogP contribution in [0.5, 0.6) is 0 Å². The number of piperidine rings is 1. The molecule has 3 heterocycles. The minimum absolute atomic E-state index is 0.668. The molecule has 2 aliphatic rings. The third kappa shape index (κ3) is 2.81. The van der Waals surface area contributed by atoms with Gasteiger partial charge in [0.25, 0.3) is 0 Å². The molecule has 2 unspecified atom stereocenters. The highest BCUT2D eigenvalue weighted by Crippen LogP contribution is 2.27. The zero-order valence-electron chi connectivity index (χ0n) is 12.5. The number of nitrogens with zero attached hydrogens (tertiary/aromatic N) is 3. The van der Waals surface area contributed by atoms with Gasteiger partial charge < -0.3 is 10.2 Å². The molecule has 0 aromatic carbocycles. The van der Waals surface area contributed by atoms with Gasteiger partial charge in [0.05, 0.1) is 15.9 Å². The monoisotopic (exact) mass is 340 g/mol. The number of hydrogen-bond donors (Lipinski definition) is 1. The summed E-state index contributed by atoms with van der Waals surface area (Å²) in [6, 6.07) is 1.50. The number of aromatic nitrogens is 2. The van der Waals surface area contributed by atoms with Gasteiger partial charge in [0.2, 0.25) is 0 Å². The molecule has 4 nitrogen and oxygen atoms in total. The average molecular weight is 341 g/mol. The second-order valence-electron chi connectivity index (χ2n) is 6.10. The van der Waals surface area contributed by atoms with Crippen LogP contribution in [0.4, 0.5) is 0 Å². The second-order valence-corrected chi connectivity index (χ2v) is 6.89. The molecule has 1 N–H and O–H groups in total. The topological polar surface area (TPSA) is 33.1 Å². The number of nitrogens with one attached hydrogen (secondary N) is 1. The van der Waals surface area contributed by atoms with E-state index in [0.29, 0.717) is 6.04 Å². The van der Waals surface area contributed by atoms with Gasteiger partial charge in [-0.05, 0) is 68.6 Å². The Balaban J connectivity index is 1.59. The molecule has 2 saturated heterocycles. The molecule has 0 amide bonds. The first-order chi connectivity index (χ1) is 9.69. The molecule has 0 aliphatic carbocycles. The van der Waals surface area contributed by atoms with Gasteiger partial charge in [-0.2, -0.15) is 5.10 Å². The maximum absolute atomic E-state index is 4.57. The molecule has 112 valence electrons. The van der Waals surface area contributed by atoms with E-state index in [2.05, 4.69) is 49.8 Å². The van der Waals surface area contributed by atoms with Crippen LogP contribution in [0, 0.1) is 6.92 Å². The normalized spacial score (nSPS) is 26.9. The van der Waals surface area contributed by atoms with Crippen LogP contribution in [0.25, 0.3) is 0 Å². The summed E-state index contributed by atoms with van der Waals surface area (Å²) in [6.45, 7) is 8.67. The Morgan fingerprint density at radius 2 is 2.20 bits per heavy atom. The zero-order chi connectivity index (χ0) is 14.1. The van der Waals surface area contributed by atoms with Crippen molar-refractivity contribution in [2.45, 2.75) is 64.7 Å². The summed E-state index contributed by atoms with van der Waals surface area (Å²) in [5.41, 5.74) is 2.38. The van der Waals surface area contributed by atoms with Crippen LogP contribution < -0.4 is 5.32 Å². The van der Waals surface area contributed by atoms with E-state index in [-0.39, 0.29) is 0 Å². The van der Waals surface area contributed by atoms with E-state index in [1.807, 2.05) is 0 Å². The molecule has 2 fully saturated rings. The lowest BCUT2D eigenvalue weighted by atomic mass is 9.97. The molecule has 0 saturated carbocycles. The highest BCUT2D eigenvalue weighted by atomic mass is 79.9. The van der Waals surface area contributed by atoms with E-state index in [1.54, 1.807) is 0 Å². The fraction of sp³-hybridized carbons (Fsp3) is 0.800. The number of rotatable bonds is 4. The lowest BCUT2D eigenvalue weighted by molar-refractivity contribution is 0.166. The summed E-state index contributed by atoms with van der Waals surface area (Å²) in [5, 5.41) is 8.33. The first-order valence-electron chi connectivity index (χ1n) is 7.88. The maximum atomic E-state index is 4.57. The number of hydrogen-bond acceptors (Lipinski definition) is 3. The first-order valence-corrected chi connectivity index (χ1v) is 8.67. The van der Waals surface area contributed by atoms with Crippen molar-refractivity contribution in [3.63, 3.8) is 0 Å². The van der Waals surface area contributed by atoms with E-state index in [4.69, 9.17) is 0 Å². The molecule has 3 rings (SSSR count). The Morgan fingerprint density at radius 3 is 3.00 bits per heavy atom. The minimum atomic E-state index is 0.668. The fourth-order valence-electron chi connectivity index (χ4n) is 3.69. The Kier molecular flexibility index (Phi) is 4.48. The van der Waals surface area contributed by atoms with Gasteiger partial charge in [-0.25, -0.2) is 0 Å². The standard InChI is InChI=1S/C15H25BrN4/c1-3-20-14(15(16)11(2)18-20)10-17-12-6-8-19-7-4-5-13(19)9-12/h12-13,17H,3-10H2,1-2H3. The first kappa shape index (κ1) is 14.5. The van der Waals surface area contributed by atoms with Crippen LogP contribution in [-0.4, -0.2) is 39.9 Å². The molecule has 5 heteroatoms. The van der Waals surface area contributed by atoms with Crippen LogP contribution in [0.3, 0.4) is 0 Å². The summed E-state index contributed by atoms with van der Waals surface area (Å²) in [4.78, 5) is 2.68. The zero-order valence-corrected chi connectivity index (χ0v) is 14.1. The lowest BCUT2D eigenvalue weighted by Gasteiger charge is -2.35. The van der Waals surface area contributed by atoms with Crippen molar-refractivity contribution < 1.29 is 0 Å². The molecular weight excluding hydrogens is 316 g/mol. The fourth-order valence-corrected chi connectivity index (χ4v) is 4.11. The van der Waals surface area contributed by atoms with Crippen molar-refractivity contribution in [1.82, 2.24) is 20.0 Å². The van der Waals surface area contributed by atoms with E-state index in [9.17, 15) is 0 Å². The highest BCUT2D eigenvalue weighted by Gasteiger charge is 2.31. The van der Waals surface area contributed by atoms with Crippen molar-refractivity contribution in [2.75, 3.05) is 13.1 Å². The second kappa shape index (κ2) is 6.16. The molecule has 0 spiro atoms. The van der Waals surface area contributed by atoms with Crippen molar-refractivity contribution in [1.29, 1.82) is 0 Å². The van der Waals surface area contributed by atoms with E-state index < -0.39 is 0 Å². The van der Waals surface area contributed by atoms with Crippen molar-refractivity contribution in [3.8, 4) is 0 Å². The quantitative estimate of drug-likeness (QED) is 0.914. The third-order valence-corrected chi connectivity index (χ3v) is 5.86. The molecule has 0 radical (unpaired) electrons. The smallest absolute Gasteiger partial charge is 0.0739 e. The Labute approximate surface area is 130 Å². The van der Waals surface area contributed by atoms with Crippen LogP contribution in [0.2, 0.25) is 0 Å². The van der Waals surface area contributed by atoms with E-state index >= 15 is 0 Å². The van der Waals surface area contributed by atoms with Gasteiger partial charge in [-0.1, -0.05) is 0 Å². The van der Waals surface area contributed by atoms with Gasteiger partial charge in [-0.3, -0.25) is 4.68 Å². The van der Waals surface area contributed by atoms with Crippen molar-refractivity contribution in [2.24, 2.45) is 0 Å². The van der Waals surface area contributed by atoms with Crippen LogP contribution >= 0.6 is 15.9 Å². The summed E-state index contributed by atoms with van der Waals surface area (Å²) in [7, 11) is 0. The molecular formula is C15H25BrN4. The predicted molar refractivity (Wildman–Crippen MR) is 84.8 cm³/mol. The lowest BCUT2D eigenvalue weighted by Crippen LogP contribution is -2.45. The molecule has 2 aliphatic heterocycles. The van der Waals surface area contributed by atoms with Crippen molar-refractivity contribution in [3.05, 3.63) is 15.9 Å². The minimum Gasteiger partial charge on any atom is -0.308 e. The number of aryl methyl sites for hydroxylation is 2. The predicted octanol–water partition coefficient (Wildman–Crippen LogP) is 2.69. The molecule has 20 heavy (non-hydrogen) atoms. The van der Waals surface area contributed by atoms with Gasteiger partial charge in [0, 0.05) is 25.2 Å². The molecule has 0 bridgehead atoms. The Bertz CT molecular complexity index is 471. The van der Waals surface area contributed by atoms with Crippen LogP contribution in [0.15, 0.2) is 4.47 Å². The maximum Gasteiger partial charge on any atom is 0.0739 e. The third-order valence-electron chi connectivity index (χ3n) is 4.83. The van der Waals surface area contributed by atoms with Crippen LogP contribution in [0.1, 0.15) is 44.0 Å². The largest absolute Gasteiger partial charge is 0.308 e. The molecule has 2 atom stereocenters. The van der Waals surface area contributed by atoms with E-state index in [1.165, 1.54) is 48.9 Å². The summed E-state index contributed by atoms with van der Waals surface area (Å²) >= 11 is 3.68. The SMILES string of the molecule is CCn1nc(C)c(Br)c1CNC1CCN2CCCC2C1. The summed E-state index contributed by atoms with van der Waals surface area (Å²) in [5.74, 6) is 0. The number of fused-ring (bicyclic) bond motifs is 1. The highest BCUT2D eigenvalue weighted by molar-refractivity contribution is 9.10. The average Bonchev–Trinajstić information content (AvgIpc) is 3.02. The Hall–Kier alpha value is -0.390. The van der Waals surface area contributed by atoms with Gasteiger partial charge in [-0.15, -0.1) is 0 Å².